The van der Waals surface area contributed by atoms with Crippen LogP contribution in [-0.4, -0.2) is 11.3 Å². The maximum Gasteiger partial charge on any atom is 0.0149 e. The van der Waals surface area contributed by atoms with Gasteiger partial charge in [0.25, 0.3) is 0 Å². The molecule has 2 nitrogen and oxygen atoms in total. The van der Waals surface area contributed by atoms with Gasteiger partial charge in [-0.05, 0) is 20.8 Å². The van der Waals surface area contributed by atoms with Gasteiger partial charge in [0.15, 0.2) is 0 Å². The molecule has 0 bridgehead atoms. The third-order valence-electron chi connectivity index (χ3n) is 0.721. The number of nitrogens with one attached hydrogen (secondary N) is 1. The monoisotopic (exact) mass is 114 g/mol. The molecule has 0 spiro atoms. The lowest BCUT2D eigenvalue weighted by atomic mass is 10.00. The van der Waals surface area contributed by atoms with Crippen molar-refractivity contribution < 1.29 is 0 Å². The minimum Gasteiger partial charge on any atom is -0.325 e. The van der Waals surface area contributed by atoms with Crippen LogP contribution in [0, 0.1) is 5.41 Å². The van der Waals surface area contributed by atoms with E-state index in [9.17, 15) is 0 Å². The van der Waals surface area contributed by atoms with Gasteiger partial charge in [0, 0.05) is 17.7 Å². The highest BCUT2D eigenvalue weighted by Gasteiger charge is 2.09. The van der Waals surface area contributed by atoms with Gasteiger partial charge in [0.1, 0.15) is 0 Å². The summed E-state index contributed by atoms with van der Waals surface area (Å²) >= 11 is 0. The Morgan fingerprint density at radius 3 is 2.00 bits per heavy atom. The summed E-state index contributed by atoms with van der Waals surface area (Å²) in [5.74, 6) is 0. The summed E-state index contributed by atoms with van der Waals surface area (Å²) in [6.07, 6.45) is 0.687. The van der Waals surface area contributed by atoms with Crippen molar-refractivity contribution >= 4 is 5.71 Å². The van der Waals surface area contributed by atoms with Crippen molar-refractivity contribution in [2.75, 3.05) is 0 Å². The Morgan fingerprint density at radius 1 is 1.62 bits per heavy atom. The summed E-state index contributed by atoms with van der Waals surface area (Å²) in [6.45, 7) is 5.62. The average Bonchev–Trinajstić information content (AvgIpc) is 1.21. The van der Waals surface area contributed by atoms with E-state index in [4.69, 9.17) is 11.1 Å². The van der Waals surface area contributed by atoms with Crippen LogP contribution in [0.15, 0.2) is 0 Å². The van der Waals surface area contributed by atoms with Crippen LogP contribution in [-0.2, 0) is 0 Å². The lowest BCUT2D eigenvalue weighted by molar-refractivity contribution is 0.540. The summed E-state index contributed by atoms with van der Waals surface area (Å²) in [7, 11) is 0. The van der Waals surface area contributed by atoms with Crippen LogP contribution in [0.3, 0.4) is 0 Å². The zero-order valence-electron chi connectivity index (χ0n) is 5.78. The summed E-state index contributed by atoms with van der Waals surface area (Å²) < 4.78 is 0. The van der Waals surface area contributed by atoms with Gasteiger partial charge >= 0.3 is 0 Å². The first-order chi connectivity index (χ1) is 3.42. The third-order valence-corrected chi connectivity index (χ3v) is 0.721. The Bertz CT molecular complexity index is 89.2. The second-order valence-corrected chi connectivity index (χ2v) is 2.95. The van der Waals surface area contributed by atoms with Gasteiger partial charge < -0.3 is 11.1 Å². The van der Waals surface area contributed by atoms with Crippen LogP contribution in [0.1, 0.15) is 27.2 Å². The lowest BCUT2D eigenvalue weighted by Gasteiger charge is -2.16. The van der Waals surface area contributed by atoms with E-state index in [-0.39, 0.29) is 5.54 Å². The first-order valence-electron chi connectivity index (χ1n) is 2.75. The Balaban J connectivity index is 3.55. The average molecular weight is 114 g/mol. The van der Waals surface area contributed by atoms with Crippen molar-refractivity contribution in [3.63, 3.8) is 0 Å². The van der Waals surface area contributed by atoms with Crippen molar-refractivity contribution in [1.29, 1.82) is 5.41 Å². The van der Waals surface area contributed by atoms with Crippen molar-refractivity contribution in [3.8, 4) is 0 Å². The van der Waals surface area contributed by atoms with E-state index in [1.807, 2.05) is 13.8 Å². The first kappa shape index (κ1) is 7.63. The number of hydrogen-bond donors (Lipinski definition) is 2. The molecule has 0 fully saturated rings. The molecule has 3 N–H and O–H groups in total. The first-order valence-corrected chi connectivity index (χ1v) is 2.75. The van der Waals surface area contributed by atoms with Gasteiger partial charge in [-0.25, -0.2) is 0 Å². The van der Waals surface area contributed by atoms with Crippen LogP contribution in [0.2, 0.25) is 0 Å². The molecule has 0 aromatic heterocycles. The normalized spacial score (nSPS) is 11.5. The molecule has 0 atom stereocenters. The van der Waals surface area contributed by atoms with Crippen LogP contribution >= 0.6 is 0 Å². The molecule has 0 aromatic carbocycles. The highest BCUT2D eigenvalue weighted by atomic mass is 14.7. The molecule has 2 heteroatoms. The number of hydrogen-bond acceptors (Lipinski definition) is 2. The minimum absolute atomic E-state index is 0.203. The molecule has 48 valence electrons. The van der Waals surface area contributed by atoms with Crippen molar-refractivity contribution in [2.45, 2.75) is 32.7 Å². The molecular weight excluding hydrogens is 100 g/mol. The van der Waals surface area contributed by atoms with E-state index < -0.39 is 0 Å². The van der Waals surface area contributed by atoms with Gasteiger partial charge in [-0.1, -0.05) is 0 Å². The van der Waals surface area contributed by atoms with E-state index in [1.54, 1.807) is 6.92 Å². The predicted molar refractivity (Wildman–Crippen MR) is 36.3 cm³/mol. The van der Waals surface area contributed by atoms with Crippen molar-refractivity contribution in [3.05, 3.63) is 0 Å². The van der Waals surface area contributed by atoms with Gasteiger partial charge in [-0.2, -0.15) is 0 Å². The Labute approximate surface area is 50.6 Å². The predicted octanol–water partition coefficient (Wildman–Crippen LogP) is 1.15. The molecule has 0 rings (SSSR count). The van der Waals surface area contributed by atoms with E-state index >= 15 is 0 Å². The zero-order chi connectivity index (χ0) is 6.78. The van der Waals surface area contributed by atoms with E-state index in [2.05, 4.69) is 0 Å². The highest BCUT2D eigenvalue weighted by Crippen LogP contribution is 2.02. The quantitative estimate of drug-likeness (QED) is 0.520. The fourth-order valence-corrected chi connectivity index (χ4v) is 0.683. The maximum atomic E-state index is 7.07. The molecule has 0 radical (unpaired) electrons. The van der Waals surface area contributed by atoms with E-state index in [0.717, 1.165) is 0 Å². The Morgan fingerprint density at radius 2 is 2.00 bits per heavy atom. The molecular formula is C6H14N2. The second-order valence-electron chi connectivity index (χ2n) is 2.95. The van der Waals surface area contributed by atoms with Crippen LogP contribution in [0.4, 0.5) is 0 Å². The summed E-state index contributed by atoms with van der Waals surface area (Å²) in [4.78, 5) is 0. The molecule has 0 unspecified atom stereocenters. The largest absolute Gasteiger partial charge is 0.325 e. The van der Waals surface area contributed by atoms with Crippen LogP contribution in [0.25, 0.3) is 0 Å². The smallest absolute Gasteiger partial charge is 0.0149 e. The SMILES string of the molecule is CC(=N)CC(C)(C)N. The molecule has 0 saturated carbocycles. The Hall–Kier alpha value is -0.370. The Kier molecular flexibility index (Phi) is 2.16. The molecule has 0 saturated heterocycles. The molecule has 0 aliphatic heterocycles. The number of rotatable bonds is 2. The van der Waals surface area contributed by atoms with Crippen LogP contribution < -0.4 is 5.73 Å². The maximum absolute atomic E-state index is 7.07. The molecule has 0 amide bonds. The molecule has 0 aliphatic carbocycles. The minimum atomic E-state index is -0.203. The second kappa shape index (κ2) is 2.27. The van der Waals surface area contributed by atoms with Gasteiger partial charge in [0.05, 0.1) is 0 Å². The standard InChI is InChI=1S/C6H14N2/c1-5(7)4-6(2,3)8/h7H,4,8H2,1-3H3. The molecule has 0 aromatic rings. The third kappa shape index (κ3) is 5.63. The molecule has 0 heterocycles. The highest BCUT2D eigenvalue weighted by molar-refractivity contribution is 5.79. The summed E-state index contributed by atoms with van der Waals surface area (Å²) in [5, 5.41) is 7.07. The summed E-state index contributed by atoms with van der Waals surface area (Å²) in [5.41, 5.74) is 6.04. The van der Waals surface area contributed by atoms with Crippen molar-refractivity contribution in [2.24, 2.45) is 5.73 Å². The fraction of sp³-hybridized carbons (Fsp3) is 0.833. The molecule has 0 aliphatic rings. The zero-order valence-corrected chi connectivity index (χ0v) is 5.78. The van der Waals surface area contributed by atoms with Gasteiger partial charge in [-0.15, -0.1) is 0 Å². The number of nitrogens with two attached hydrogens (primary N) is 1. The summed E-state index contributed by atoms with van der Waals surface area (Å²) in [6, 6.07) is 0. The topological polar surface area (TPSA) is 49.9 Å². The van der Waals surface area contributed by atoms with Crippen molar-refractivity contribution in [1.82, 2.24) is 0 Å². The van der Waals surface area contributed by atoms with E-state index in [0.29, 0.717) is 12.1 Å². The van der Waals surface area contributed by atoms with Crippen LogP contribution in [0.5, 0.6) is 0 Å². The molecule has 8 heavy (non-hydrogen) atoms. The van der Waals surface area contributed by atoms with E-state index in [1.165, 1.54) is 0 Å². The van der Waals surface area contributed by atoms with Gasteiger partial charge in [-0.3, -0.25) is 0 Å². The fourth-order valence-electron chi connectivity index (χ4n) is 0.683. The lowest BCUT2D eigenvalue weighted by Crippen LogP contribution is -2.33. The van der Waals surface area contributed by atoms with Gasteiger partial charge in [0.2, 0.25) is 0 Å².